The quantitative estimate of drug-likeness (QED) is 0.362. The molecular formula is C29H32N2O7. The molecule has 0 aromatic heterocycles. The molecule has 2 N–H and O–H groups in total. The van der Waals surface area contributed by atoms with Crippen molar-refractivity contribution in [1.29, 1.82) is 0 Å². The van der Waals surface area contributed by atoms with Crippen LogP contribution in [0.3, 0.4) is 0 Å². The fraction of sp³-hybridized carbons (Fsp3) is 0.310. The van der Waals surface area contributed by atoms with Crippen molar-refractivity contribution in [2.45, 2.75) is 33.7 Å². The van der Waals surface area contributed by atoms with E-state index in [4.69, 9.17) is 14.2 Å². The average molecular weight is 521 g/mol. The lowest BCUT2D eigenvalue weighted by atomic mass is 9.85. The summed E-state index contributed by atoms with van der Waals surface area (Å²) in [7, 11) is 0. The highest BCUT2D eigenvalue weighted by Crippen LogP contribution is 2.32. The maximum atomic E-state index is 13.3. The molecule has 38 heavy (non-hydrogen) atoms. The van der Waals surface area contributed by atoms with Crippen LogP contribution in [0.4, 0.5) is 0 Å². The number of carbonyl (C=O) groups is 4. The minimum atomic E-state index is -1.42. The molecule has 0 bridgehead atoms. The van der Waals surface area contributed by atoms with E-state index in [1.54, 1.807) is 27.7 Å². The van der Waals surface area contributed by atoms with Crippen LogP contribution in [-0.2, 0) is 33.4 Å². The molecule has 0 aliphatic carbocycles. The molecule has 3 rings (SSSR count). The first-order valence-corrected chi connectivity index (χ1v) is 12.4. The van der Waals surface area contributed by atoms with Crippen molar-refractivity contribution >= 4 is 23.8 Å². The predicted molar refractivity (Wildman–Crippen MR) is 139 cm³/mol. The summed E-state index contributed by atoms with van der Waals surface area (Å²) in [4.78, 5) is 51.8. The van der Waals surface area contributed by atoms with Gasteiger partial charge in [0.2, 0.25) is 0 Å². The van der Waals surface area contributed by atoms with E-state index in [0.29, 0.717) is 11.4 Å². The Balaban J connectivity index is 1.83. The number of carbonyl (C=O) groups excluding carboxylic acids is 4. The molecule has 0 saturated carbocycles. The molecule has 0 spiro atoms. The summed E-state index contributed by atoms with van der Waals surface area (Å²) in [5.41, 5.74) is 2.24. The number of rotatable bonds is 10. The van der Waals surface area contributed by atoms with Crippen molar-refractivity contribution in [3.8, 4) is 0 Å². The fourth-order valence-corrected chi connectivity index (χ4v) is 4.26. The third kappa shape index (κ3) is 6.67. The second-order valence-corrected chi connectivity index (χ2v) is 8.51. The van der Waals surface area contributed by atoms with Gasteiger partial charge in [0.05, 0.1) is 30.4 Å². The number of dihydropyridines is 1. The number of ether oxygens (including phenoxy) is 3. The van der Waals surface area contributed by atoms with Crippen LogP contribution < -0.4 is 10.6 Å². The molecule has 0 unspecified atom stereocenters. The second-order valence-electron chi connectivity index (χ2n) is 8.51. The van der Waals surface area contributed by atoms with Gasteiger partial charge < -0.3 is 24.8 Å². The predicted octanol–water partition coefficient (Wildman–Crippen LogP) is 3.33. The molecule has 9 nitrogen and oxygen atoms in total. The summed E-state index contributed by atoms with van der Waals surface area (Å²) >= 11 is 0. The lowest BCUT2D eigenvalue weighted by molar-refractivity contribution is -0.154. The molecule has 1 aliphatic heterocycles. The van der Waals surface area contributed by atoms with Crippen LogP contribution in [0.25, 0.3) is 0 Å². The van der Waals surface area contributed by atoms with Crippen LogP contribution in [0.5, 0.6) is 0 Å². The van der Waals surface area contributed by atoms with Crippen LogP contribution in [-0.4, -0.2) is 43.6 Å². The molecule has 1 aliphatic rings. The van der Waals surface area contributed by atoms with Gasteiger partial charge in [-0.25, -0.2) is 9.59 Å². The summed E-state index contributed by atoms with van der Waals surface area (Å²) < 4.78 is 15.6. The summed E-state index contributed by atoms with van der Waals surface area (Å²) in [6, 6.07) is 18.3. The van der Waals surface area contributed by atoms with Crippen molar-refractivity contribution in [2.75, 3.05) is 19.8 Å². The number of benzene rings is 2. The number of nitrogens with one attached hydrogen (secondary N) is 2. The van der Waals surface area contributed by atoms with Crippen molar-refractivity contribution in [2.24, 2.45) is 5.92 Å². The Kier molecular flexibility index (Phi) is 9.81. The first-order chi connectivity index (χ1) is 18.3. The van der Waals surface area contributed by atoms with Crippen molar-refractivity contribution in [3.63, 3.8) is 0 Å². The van der Waals surface area contributed by atoms with Gasteiger partial charge in [-0.2, -0.15) is 0 Å². The van der Waals surface area contributed by atoms with Crippen molar-refractivity contribution in [3.05, 3.63) is 94.3 Å². The highest BCUT2D eigenvalue weighted by molar-refractivity contribution is 6.05. The lowest BCUT2D eigenvalue weighted by Crippen LogP contribution is -2.40. The number of amides is 1. The van der Waals surface area contributed by atoms with Gasteiger partial charge in [0.1, 0.15) is 5.92 Å². The lowest BCUT2D eigenvalue weighted by Gasteiger charge is -2.28. The van der Waals surface area contributed by atoms with E-state index in [1.807, 2.05) is 60.7 Å². The van der Waals surface area contributed by atoms with Gasteiger partial charge in [-0.3, -0.25) is 9.59 Å². The van der Waals surface area contributed by atoms with Gasteiger partial charge in [0.15, 0.2) is 6.61 Å². The van der Waals surface area contributed by atoms with Crippen LogP contribution in [0.15, 0.2) is 83.2 Å². The standard InChI is InChI=1S/C29H32N2O7/c1-5-36-27(33)23-18(3)30-19(4)24(28(34)37-6-2)25(23)29(35)38-17-22(32)31-26(20-13-9-7-10-14-20)21-15-11-8-12-16-21/h7-16,25-26,30H,5-6,17H2,1-4H3,(H,31,32). The van der Waals surface area contributed by atoms with Gasteiger partial charge >= 0.3 is 17.9 Å². The van der Waals surface area contributed by atoms with Crippen molar-refractivity contribution in [1.82, 2.24) is 10.6 Å². The smallest absolute Gasteiger partial charge is 0.337 e. The van der Waals surface area contributed by atoms with Crippen LogP contribution in [0.2, 0.25) is 0 Å². The minimum absolute atomic E-state index is 0.0670. The topological polar surface area (TPSA) is 120 Å². The highest BCUT2D eigenvalue weighted by Gasteiger charge is 2.42. The van der Waals surface area contributed by atoms with Gasteiger partial charge in [-0.15, -0.1) is 0 Å². The highest BCUT2D eigenvalue weighted by atomic mass is 16.5. The maximum absolute atomic E-state index is 13.3. The third-order valence-electron chi connectivity index (χ3n) is 5.90. The Morgan fingerprint density at radius 1 is 0.763 bits per heavy atom. The number of hydrogen-bond donors (Lipinski definition) is 2. The number of hydrogen-bond acceptors (Lipinski definition) is 8. The molecule has 200 valence electrons. The van der Waals surface area contributed by atoms with E-state index in [0.717, 1.165) is 11.1 Å². The van der Waals surface area contributed by atoms with Gasteiger partial charge in [-0.05, 0) is 38.8 Å². The summed E-state index contributed by atoms with van der Waals surface area (Å²) in [6.45, 7) is 5.96. The first-order valence-electron chi connectivity index (χ1n) is 12.4. The largest absolute Gasteiger partial charge is 0.463 e. The van der Waals surface area contributed by atoms with Gasteiger partial charge in [-0.1, -0.05) is 60.7 Å². The van der Waals surface area contributed by atoms with E-state index >= 15 is 0 Å². The molecule has 0 atom stereocenters. The molecule has 1 amide bonds. The summed E-state index contributed by atoms with van der Waals surface area (Å²) in [5, 5.41) is 5.84. The maximum Gasteiger partial charge on any atom is 0.337 e. The summed E-state index contributed by atoms with van der Waals surface area (Å²) in [6.07, 6.45) is 0. The Bertz CT molecular complexity index is 1160. The molecule has 0 radical (unpaired) electrons. The molecule has 0 fully saturated rings. The van der Waals surface area contributed by atoms with Crippen LogP contribution >= 0.6 is 0 Å². The number of esters is 3. The minimum Gasteiger partial charge on any atom is -0.463 e. The average Bonchev–Trinajstić information content (AvgIpc) is 2.91. The molecule has 0 saturated heterocycles. The van der Waals surface area contributed by atoms with Crippen LogP contribution in [0.1, 0.15) is 44.9 Å². The van der Waals surface area contributed by atoms with Gasteiger partial charge in [0.25, 0.3) is 5.91 Å². The molecule has 2 aromatic carbocycles. The molecular weight excluding hydrogens is 488 g/mol. The summed E-state index contributed by atoms with van der Waals surface area (Å²) in [5.74, 6) is -4.46. The zero-order chi connectivity index (χ0) is 27.7. The monoisotopic (exact) mass is 520 g/mol. The Hall–Kier alpha value is -4.40. The first kappa shape index (κ1) is 28.2. The Labute approximate surface area is 221 Å². The van der Waals surface area contributed by atoms with E-state index < -0.39 is 42.4 Å². The number of allylic oxidation sites excluding steroid dienone is 2. The third-order valence-corrected chi connectivity index (χ3v) is 5.90. The van der Waals surface area contributed by atoms with Crippen molar-refractivity contribution < 1.29 is 33.4 Å². The van der Waals surface area contributed by atoms with Crippen LogP contribution in [0, 0.1) is 5.92 Å². The van der Waals surface area contributed by atoms with E-state index in [2.05, 4.69) is 10.6 Å². The Morgan fingerprint density at radius 2 is 1.21 bits per heavy atom. The van der Waals surface area contributed by atoms with E-state index in [9.17, 15) is 19.2 Å². The fourth-order valence-electron chi connectivity index (χ4n) is 4.26. The Morgan fingerprint density at radius 3 is 1.63 bits per heavy atom. The second kappa shape index (κ2) is 13.2. The molecule has 2 aromatic rings. The SMILES string of the molecule is CCOC(=O)C1=C(C)NC(C)=C(C(=O)OCC)C1C(=O)OCC(=O)NC(c1ccccc1)c1ccccc1. The normalized spacial score (nSPS) is 13.6. The van der Waals surface area contributed by atoms with E-state index in [-0.39, 0.29) is 24.4 Å². The zero-order valence-electron chi connectivity index (χ0n) is 21.9. The van der Waals surface area contributed by atoms with Gasteiger partial charge in [0, 0.05) is 11.4 Å². The molecule has 1 heterocycles. The molecule has 9 heteroatoms. The zero-order valence-corrected chi connectivity index (χ0v) is 21.9. The van der Waals surface area contributed by atoms with E-state index in [1.165, 1.54) is 0 Å².